The zero-order valence-corrected chi connectivity index (χ0v) is 9.85. The summed E-state index contributed by atoms with van der Waals surface area (Å²) in [6.45, 7) is 5.20. The lowest BCUT2D eigenvalue weighted by atomic mass is 9.84. The van der Waals surface area contributed by atoms with Crippen molar-refractivity contribution in [2.24, 2.45) is 17.8 Å². The summed E-state index contributed by atoms with van der Waals surface area (Å²) in [6, 6.07) is 0. The minimum atomic E-state index is -0.379. The first-order chi connectivity index (χ1) is 8.06. The van der Waals surface area contributed by atoms with Crippen LogP contribution in [0.1, 0.15) is 26.2 Å². The molecule has 0 radical (unpaired) electrons. The summed E-state index contributed by atoms with van der Waals surface area (Å²) >= 11 is 0. The molecule has 5 atom stereocenters. The predicted molar refractivity (Wildman–Crippen MR) is 58.9 cm³/mol. The van der Waals surface area contributed by atoms with Crippen molar-refractivity contribution in [1.29, 1.82) is 0 Å². The predicted octanol–water partition coefficient (Wildman–Crippen LogP) is 1.45. The summed E-state index contributed by atoms with van der Waals surface area (Å²) < 4.78 is 10.8. The van der Waals surface area contributed by atoms with Crippen LogP contribution in [0.2, 0.25) is 0 Å². The van der Waals surface area contributed by atoms with E-state index in [0.29, 0.717) is 11.5 Å². The van der Waals surface area contributed by atoms with Crippen LogP contribution in [0.15, 0.2) is 12.2 Å². The third kappa shape index (κ3) is 1.58. The van der Waals surface area contributed by atoms with Gasteiger partial charge in [0.2, 0.25) is 0 Å². The van der Waals surface area contributed by atoms with Gasteiger partial charge < -0.3 is 9.47 Å². The van der Waals surface area contributed by atoms with Crippen LogP contribution < -0.4 is 0 Å². The van der Waals surface area contributed by atoms with E-state index in [4.69, 9.17) is 9.47 Å². The molecular formula is C13H16O4. The lowest BCUT2D eigenvalue weighted by Gasteiger charge is -2.32. The van der Waals surface area contributed by atoms with Gasteiger partial charge >= 0.3 is 11.9 Å². The summed E-state index contributed by atoms with van der Waals surface area (Å²) in [4.78, 5) is 23.2. The average molecular weight is 236 g/mol. The van der Waals surface area contributed by atoms with Gasteiger partial charge in [-0.05, 0) is 32.1 Å². The number of hydrogen-bond donors (Lipinski definition) is 0. The molecule has 17 heavy (non-hydrogen) atoms. The molecule has 0 aromatic carbocycles. The van der Waals surface area contributed by atoms with Crippen LogP contribution in [-0.4, -0.2) is 24.1 Å². The second kappa shape index (κ2) is 3.59. The maximum atomic E-state index is 11.6. The molecule has 0 amide bonds. The standard InChI is InChI=1S/C13H16O4/c1-6(2)12(14)16-10-5-7-3-8-9(4-7)13(15)17-11(8)10/h7-11H,1,3-5H2,2H3. The van der Waals surface area contributed by atoms with E-state index in [1.165, 1.54) is 0 Å². The summed E-state index contributed by atoms with van der Waals surface area (Å²) in [6.07, 6.45) is 2.29. The molecule has 0 aromatic heterocycles. The topological polar surface area (TPSA) is 52.6 Å². The zero-order chi connectivity index (χ0) is 12.2. The largest absolute Gasteiger partial charge is 0.458 e. The quantitative estimate of drug-likeness (QED) is 0.538. The van der Waals surface area contributed by atoms with Crippen molar-refractivity contribution in [2.45, 2.75) is 38.4 Å². The van der Waals surface area contributed by atoms with E-state index in [1.54, 1.807) is 6.92 Å². The second-order valence-corrected chi connectivity index (χ2v) is 5.47. The normalized spacial score (nSPS) is 42.2. The van der Waals surface area contributed by atoms with E-state index in [0.717, 1.165) is 19.3 Å². The Morgan fingerprint density at radius 1 is 1.41 bits per heavy atom. The molecule has 3 fully saturated rings. The second-order valence-electron chi connectivity index (χ2n) is 5.47. The Hall–Kier alpha value is -1.32. The Labute approximate surface area is 100.0 Å². The van der Waals surface area contributed by atoms with Gasteiger partial charge in [0, 0.05) is 11.5 Å². The van der Waals surface area contributed by atoms with Gasteiger partial charge in [0.25, 0.3) is 0 Å². The molecule has 4 nitrogen and oxygen atoms in total. The van der Waals surface area contributed by atoms with Crippen LogP contribution in [0, 0.1) is 17.8 Å². The molecule has 3 aliphatic rings. The van der Waals surface area contributed by atoms with Crippen LogP contribution in [0.5, 0.6) is 0 Å². The highest BCUT2D eigenvalue weighted by Crippen LogP contribution is 2.52. The van der Waals surface area contributed by atoms with Gasteiger partial charge in [0.15, 0.2) is 0 Å². The van der Waals surface area contributed by atoms with E-state index in [1.807, 2.05) is 0 Å². The molecule has 3 rings (SSSR count). The Morgan fingerprint density at radius 2 is 2.18 bits per heavy atom. The number of esters is 2. The maximum Gasteiger partial charge on any atom is 0.333 e. The van der Waals surface area contributed by atoms with Crippen molar-refractivity contribution >= 4 is 11.9 Å². The van der Waals surface area contributed by atoms with Crippen molar-refractivity contribution in [3.8, 4) is 0 Å². The Morgan fingerprint density at radius 3 is 2.88 bits per heavy atom. The van der Waals surface area contributed by atoms with E-state index < -0.39 is 0 Å². The molecule has 4 heteroatoms. The highest BCUT2D eigenvalue weighted by atomic mass is 16.6. The number of hydrogen-bond acceptors (Lipinski definition) is 4. The lowest BCUT2D eigenvalue weighted by Crippen LogP contribution is -2.40. The highest BCUT2D eigenvalue weighted by Gasteiger charge is 2.58. The first-order valence-corrected chi connectivity index (χ1v) is 6.13. The van der Waals surface area contributed by atoms with Crippen molar-refractivity contribution < 1.29 is 19.1 Å². The first kappa shape index (κ1) is 10.8. The third-order valence-corrected chi connectivity index (χ3v) is 4.23. The summed E-state index contributed by atoms with van der Waals surface area (Å²) in [5.41, 5.74) is 0.392. The molecule has 0 spiro atoms. The molecule has 1 saturated heterocycles. The average Bonchev–Trinajstić information content (AvgIpc) is 2.75. The third-order valence-electron chi connectivity index (χ3n) is 4.23. The number of carbonyl (C=O) groups excluding carboxylic acids is 2. The number of ether oxygens (including phenoxy) is 2. The maximum absolute atomic E-state index is 11.6. The molecule has 0 aromatic rings. The van der Waals surface area contributed by atoms with E-state index in [2.05, 4.69) is 6.58 Å². The van der Waals surface area contributed by atoms with Gasteiger partial charge in [0.05, 0.1) is 5.92 Å². The van der Waals surface area contributed by atoms with Gasteiger partial charge in [-0.15, -0.1) is 0 Å². The van der Waals surface area contributed by atoms with E-state index in [9.17, 15) is 9.59 Å². The minimum absolute atomic E-state index is 0.0542. The highest BCUT2D eigenvalue weighted by molar-refractivity contribution is 5.87. The molecule has 2 bridgehead atoms. The van der Waals surface area contributed by atoms with Crippen molar-refractivity contribution in [1.82, 2.24) is 0 Å². The molecule has 92 valence electrons. The Bertz CT molecular complexity index is 400. The molecule has 2 saturated carbocycles. The Kier molecular flexibility index (Phi) is 2.28. The monoisotopic (exact) mass is 236 g/mol. The summed E-state index contributed by atoms with van der Waals surface area (Å²) in [7, 11) is 0. The fraction of sp³-hybridized carbons (Fsp3) is 0.692. The summed E-state index contributed by atoms with van der Waals surface area (Å²) in [5.74, 6) is 0.356. The van der Waals surface area contributed by atoms with Gasteiger partial charge in [-0.2, -0.15) is 0 Å². The number of rotatable bonds is 2. The van der Waals surface area contributed by atoms with Gasteiger partial charge in [-0.25, -0.2) is 4.79 Å². The van der Waals surface area contributed by atoms with E-state index >= 15 is 0 Å². The van der Waals surface area contributed by atoms with Crippen LogP contribution in [-0.2, 0) is 19.1 Å². The fourth-order valence-electron chi connectivity index (χ4n) is 3.48. The minimum Gasteiger partial charge on any atom is -0.458 e. The molecule has 0 N–H and O–H groups in total. The first-order valence-electron chi connectivity index (χ1n) is 6.13. The van der Waals surface area contributed by atoms with Crippen LogP contribution in [0.4, 0.5) is 0 Å². The molecule has 5 unspecified atom stereocenters. The lowest BCUT2D eigenvalue weighted by molar-refractivity contribution is -0.165. The van der Waals surface area contributed by atoms with Crippen molar-refractivity contribution in [2.75, 3.05) is 0 Å². The van der Waals surface area contributed by atoms with Crippen molar-refractivity contribution in [3.05, 3.63) is 12.2 Å². The zero-order valence-electron chi connectivity index (χ0n) is 9.85. The Balaban J connectivity index is 1.77. The molecular weight excluding hydrogens is 220 g/mol. The van der Waals surface area contributed by atoms with Crippen LogP contribution >= 0.6 is 0 Å². The van der Waals surface area contributed by atoms with E-state index in [-0.39, 0.29) is 36.0 Å². The fourth-order valence-corrected chi connectivity index (χ4v) is 3.48. The molecule has 1 aliphatic heterocycles. The molecule has 2 aliphatic carbocycles. The SMILES string of the molecule is C=C(C)C(=O)OC1CC2CC3C(=O)OC1C3C2. The summed E-state index contributed by atoms with van der Waals surface area (Å²) in [5, 5.41) is 0. The van der Waals surface area contributed by atoms with Crippen LogP contribution in [0.25, 0.3) is 0 Å². The number of carbonyl (C=O) groups is 2. The van der Waals surface area contributed by atoms with Gasteiger partial charge in [-0.1, -0.05) is 6.58 Å². The molecule has 1 heterocycles. The smallest absolute Gasteiger partial charge is 0.333 e. The van der Waals surface area contributed by atoms with Gasteiger partial charge in [0.1, 0.15) is 12.2 Å². The van der Waals surface area contributed by atoms with Gasteiger partial charge in [-0.3, -0.25) is 4.79 Å². The van der Waals surface area contributed by atoms with Crippen LogP contribution in [0.3, 0.4) is 0 Å². The van der Waals surface area contributed by atoms with Crippen molar-refractivity contribution in [3.63, 3.8) is 0 Å². The number of fused-ring (bicyclic) bond motifs is 1.